The number of nitrogens with zero attached hydrogens (tertiary/aromatic N) is 2. The highest BCUT2D eigenvalue weighted by atomic mass is 32.2. The first-order valence-corrected chi connectivity index (χ1v) is 8.29. The van der Waals surface area contributed by atoms with Crippen molar-refractivity contribution in [1.29, 1.82) is 0 Å². The summed E-state index contributed by atoms with van der Waals surface area (Å²) in [6, 6.07) is 3.83. The molecule has 1 heterocycles. The first-order chi connectivity index (χ1) is 10.0. The number of hydrogen-bond donors (Lipinski definition) is 2. The van der Waals surface area contributed by atoms with Crippen molar-refractivity contribution in [3.63, 3.8) is 0 Å². The van der Waals surface area contributed by atoms with Gasteiger partial charge in [0.2, 0.25) is 5.88 Å². The Morgan fingerprint density at radius 3 is 2.67 bits per heavy atom. The Morgan fingerprint density at radius 1 is 1.38 bits per heavy atom. The fourth-order valence-corrected chi connectivity index (χ4v) is 1.72. The monoisotopic (exact) mass is 310 g/mol. The Morgan fingerprint density at radius 2 is 2.14 bits per heavy atom. The van der Waals surface area contributed by atoms with Gasteiger partial charge in [-0.15, -0.1) is 0 Å². The minimum absolute atomic E-state index is 0.178. The summed E-state index contributed by atoms with van der Waals surface area (Å²) in [6.45, 7) is 8.77. The van der Waals surface area contributed by atoms with Gasteiger partial charge in [0, 0.05) is 30.1 Å². The Bertz CT molecular complexity index is 445. The van der Waals surface area contributed by atoms with Crippen molar-refractivity contribution in [3.05, 3.63) is 23.9 Å². The van der Waals surface area contributed by atoms with Crippen LogP contribution in [0.2, 0.25) is 0 Å². The lowest BCUT2D eigenvalue weighted by Gasteiger charge is -2.23. The van der Waals surface area contributed by atoms with Crippen LogP contribution in [0, 0.1) is 0 Å². The Hall–Kier alpha value is -1.43. The van der Waals surface area contributed by atoms with Crippen LogP contribution in [0.25, 0.3) is 0 Å². The maximum Gasteiger partial charge on any atom is 0.212 e. The highest BCUT2D eigenvalue weighted by Crippen LogP contribution is 2.19. The number of guanidine groups is 1. The number of methoxy groups -OCH3 is 1. The molecule has 0 aromatic carbocycles. The first kappa shape index (κ1) is 17.6. The molecular formula is C15H26N4OS. The van der Waals surface area contributed by atoms with Gasteiger partial charge in [0.05, 0.1) is 13.7 Å². The summed E-state index contributed by atoms with van der Waals surface area (Å²) in [5, 5.41) is 6.63. The molecule has 5 nitrogen and oxygen atoms in total. The third-order valence-corrected chi connectivity index (χ3v) is 4.25. The number of pyridine rings is 1. The fourth-order valence-electron chi connectivity index (χ4n) is 1.51. The zero-order valence-electron chi connectivity index (χ0n) is 13.6. The van der Waals surface area contributed by atoms with E-state index >= 15 is 0 Å². The average molecular weight is 310 g/mol. The lowest BCUT2D eigenvalue weighted by atomic mass is 10.2. The zero-order chi connectivity index (χ0) is 15.7. The maximum absolute atomic E-state index is 5.05. The Balaban J connectivity index is 2.61. The van der Waals surface area contributed by atoms with E-state index in [-0.39, 0.29) is 4.75 Å². The number of nitrogens with one attached hydrogen (secondary N) is 2. The lowest BCUT2D eigenvalue weighted by molar-refractivity contribution is 0.397. The number of rotatable bonds is 7. The van der Waals surface area contributed by atoms with Gasteiger partial charge < -0.3 is 15.4 Å². The molecule has 0 bridgehead atoms. The molecule has 0 spiro atoms. The van der Waals surface area contributed by atoms with Crippen molar-refractivity contribution in [2.24, 2.45) is 4.99 Å². The van der Waals surface area contributed by atoms with Crippen molar-refractivity contribution in [2.45, 2.75) is 32.1 Å². The molecule has 1 aromatic heterocycles. The molecule has 0 radical (unpaired) electrons. The number of ether oxygens (including phenoxy) is 1. The molecule has 0 atom stereocenters. The maximum atomic E-state index is 5.05. The SMILES string of the molecule is CCNC(=NCc1ccc(OC)nc1)NCC(C)(C)SC. The van der Waals surface area contributed by atoms with Crippen molar-refractivity contribution in [3.8, 4) is 5.88 Å². The summed E-state index contributed by atoms with van der Waals surface area (Å²) < 4.78 is 5.23. The van der Waals surface area contributed by atoms with Crippen molar-refractivity contribution < 1.29 is 4.74 Å². The molecule has 0 saturated carbocycles. The topological polar surface area (TPSA) is 58.5 Å². The smallest absolute Gasteiger partial charge is 0.212 e. The number of aliphatic imine (C=N–C) groups is 1. The van der Waals surface area contributed by atoms with E-state index in [2.05, 4.69) is 47.6 Å². The van der Waals surface area contributed by atoms with Crippen LogP contribution in [0.3, 0.4) is 0 Å². The summed E-state index contributed by atoms with van der Waals surface area (Å²) in [4.78, 5) is 8.76. The Labute approximate surface area is 132 Å². The summed E-state index contributed by atoms with van der Waals surface area (Å²) in [7, 11) is 1.61. The second kappa shape index (κ2) is 8.77. The number of hydrogen-bond acceptors (Lipinski definition) is 4. The highest BCUT2D eigenvalue weighted by Gasteiger charge is 2.15. The second-order valence-corrected chi connectivity index (χ2v) is 6.73. The first-order valence-electron chi connectivity index (χ1n) is 7.07. The molecule has 0 aliphatic heterocycles. The van der Waals surface area contributed by atoms with Gasteiger partial charge in [0.25, 0.3) is 0 Å². The van der Waals surface area contributed by atoms with E-state index in [4.69, 9.17) is 4.74 Å². The highest BCUT2D eigenvalue weighted by molar-refractivity contribution is 7.99. The van der Waals surface area contributed by atoms with Gasteiger partial charge in [0.1, 0.15) is 0 Å². The molecule has 6 heteroatoms. The van der Waals surface area contributed by atoms with Crippen LogP contribution < -0.4 is 15.4 Å². The van der Waals surface area contributed by atoms with Crippen molar-refractivity contribution >= 4 is 17.7 Å². The van der Waals surface area contributed by atoms with Gasteiger partial charge in [-0.2, -0.15) is 11.8 Å². The van der Waals surface area contributed by atoms with Gasteiger partial charge in [-0.25, -0.2) is 9.98 Å². The summed E-state index contributed by atoms with van der Waals surface area (Å²) >= 11 is 1.84. The van der Waals surface area contributed by atoms with E-state index in [0.717, 1.165) is 24.6 Å². The third kappa shape index (κ3) is 6.71. The van der Waals surface area contributed by atoms with Crippen LogP contribution >= 0.6 is 11.8 Å². The fraction of sp³-hybridized carbons (Fsp3) is 0.600. The van der Waals surface area contributed by atoms with Crippen molar-refractivity contribution in [1.82, 2.24) is 15.6 Å². The van der Waals surface area contributed by atoms with Crippen LogP contribution in [0.4, 0.5) is 0 Å². The van der Waals surface area contributed by atoms with E-state index in [1.807, 2.05) is 23.9 Å². The molecule has 0 unspecified atom stereocenters. The predicted molar refractivity (Wildman–Crippen MR) is 91.2 cm³/mol. The van der Waals surface area contributed by atoms with Crippen LogP contribution in [0.5, 0.6) is 5.88 Å². The molecular weight excluding hydrogens is 284 g/mol. The molecule has 0 amide bonds. The normalized spacial score (nSPS) is 12.1. The minimum Gasteiger partial charge on any atom is -0.481 e. The molecule has 2 N–H and O–H groups in total. The van der Waals surface area contributed by atoms with E-state index in [1.165, 1.54) is 0 Å². The van der Waals surface area contributed by atoms with Crippen LogP contribution in [0.1, 0.15) is 26.3 Å². The molecule has 0 saturated heterocycles. The van der Waals surface area contributed by atoms with E-state index in [9.17, 15) is 0 Å². The molecule has 0 aliphatic rings. The van der Waals surface area contributed by atoms with Crippen molar-refractivity contribution in [2.75, 3.05) is 26.5 Å². The van der Waals surface area contributed by atoms with E-state index < -0.39 is 0 Å². The van der Waals surface area contributed by atoms with E-state index in [0.29, 0.717) is 12.4 Å². The summed E-state index contributed by atoms with van der Waals surface area (Å²) in [5.41, 5.74) is 1.05. The molecule has 21 heavy (non-hydrogen) atoms. The largest absolute Gasteiger partial charge is 0.481 e. The van der Waals surface area contributed by atoms with E-state index in [1.54, 1.807) is 13.3 Å². The average Bonchev–Trinajstić information content (AvgIpc) is 2.50. The van der Waals surface area contributed by atoms with Gasteiger partial charge in [0.15, 0.2) is 5.96 Å². The Kier molecular flexibility index (Phi) is 7.36. The van der Waals surface area contributed by atoms with Gasteiger partial charge in [-0.3, -0.25) is 0 Å². The summed E-state index contributed by atoms with van der Waals surface area (Å²) in [5.74, 6) is 1.45. The standard InChI is InChI=1S/C15H26N4OS/c1-6-16-14(19-11-15(2,3)21-5)18-10-12-7-8-13(20-4)17-9-12/h7-9H,6,10-11H2,1-5H3,(H2,16,18,19). The zero-order valence-corrected chi connectivity index (χ0v) is 14.4. The minimum atomic E-state index is 0.178. The van der Waals surface area contributed by atoms with Gasteiger partial charge in [-0.1, -0.05) is 6.07 Å². The lowest BCUT2D eigenvalue weighted by Crippen LogP contribution is -2.43. The molecule has 0 aliphatic carbocycles. The third-order valence-electron chi connectivity index (χ3n) is 3.00. The van der Waals surface area contributed by atoms with Crippen LogP contribution in [0.15, 0.2) is 23.3 Å². The van der Waals surface area contributed by atoms with Gasteiger partial charge >= 0.3 is 0 Å². The van der Waals surface area contributed by atoms with Gasteiger partial charge in [-0.05, 0) is 32.6 Å². The number of aromatic nitrogens is 1. The quantitative estimate of drug-likeness (QED) is 0.598. The molecule has 0 fully saturated rings. The molecule has 1 aromatic rings. The molecule has 118 valence electrons. The predicted octanol–water partition coefficient (Wildman–Crippen LogP) is 2.29. The molecule has 1 rings (SSSR count). The second-order valence-electron chi connectivity index (χ2n) is 5.22. The summed E-state index contributed by atoms with van der Waals surface area (Å²) in [6.07, 6.45) is 3.91. The number of thioether (sulfide) groups is 1. The van der Waals surface area contributed by atoms with Crippen LogP contribution in [-0.4, -0.2) is 42.1 Å². The van der Waals surface area contributed by atoms with Crippen LogP contribution in [-0.2, 0) is 6.54 Å².